The molecule has 2 aromatic heterocycles. The Morgan fingerprint density at radius 2 is 0.830 bits per heavy atom. The van der Waals surface area contributed by atoms with Crippen LogP contribution in [-0.2, 0) is 0 Å². The number of anilines is 3. The lowest BCUT2D eigenvalue weighted by Crippen LogP contribution is -2.10. The van der Waals surface area contributed by atoms with Crippen LogP contribution < -0.4 is 4.90 Å². The van der Waals surface area contributed by atoms with Crippen LogP contribution in [0.15, 0.2) is 203 Å². The molecule has 10 aromatic rings. The zero-order chi connectivity index (χ0) is 35.1. The lowest BCUT2D eigenvalue weighted by molar-refractivity contribution is 0.619. The number of furan rings is 1. The lowest BCUT2D eigenvalue weighted by atomic mass is 10.00. The molecule has 2 heterocycles. The molecule has 0 atom stereocenters. The zero-order valence-electron chi connectivity index (χ0n) is 28.7. The maximum atomic E-state index is 6.40. The molecule has 0 bridgehead atoms. The van der Waals surface area contributed by atoms with E-state index >= 15 is 0 Å². The normalized spacial score (nSPS) is 11.4. The summed E-state index contributed by atoms with van der Waals surface area (Å²) in [7, 11) is 0. The summed E-state index contributed by atoms with van der Waals surface area (Å²) < 4.78 is 12.7. The van der Waals surface area contributed by atoms with Gasteiger partial charge in [-0.15, -0.1) is 0 Å². The second-order valence-corrected chi connectivity index (χ2v) is 13.2. The largest absolute Gasteiger partial charge is 0.456 e. The molecule has 0 aliphatic rings. The van der Waals surface area contributed by atoms with E-state index in [4.69, 9.17) is 13.8 Å². The molecule has 0 saturated heterocycles. The van der Waals surface area contributed by atoms with E-state index in [-0.39, 0.29) is 0 Å². The highest BCUT2D eigenvalue weighted by atomic mass is 16.4. The van der Waals surface area contributed by atoms with E-state index in [1.165, 1.54) is 22.3 Å². The van der Waals surface area contributed by atoms with Gasteiger partial charge >= 0.3 is 0 Å². The number of benzene rings is 8. The molecule has 250 valence electrons. The average Bonchev–Trinajstić information content (AvgIpc) is 3.84. The van der Waals surface area contributed by atoms with E-state index in [9.17, 15) is 0 Å². The Hall–Kier alpha value is -7.17. The van der Waals surface area contributed by atoms with Gasteiger partial charge in [-0.3, -0.25) is 0 Å². The van der Waals surface area contributed by atoms with Crippen LogP contribution in [0.4, 0.5) is 17.1 Å². The molecular weight excluding hydrogens is 649 g/mol. The number of fused-ring (bicyclic) bond motifs is 5. The predicted octanol–water partition coefficient (Wildman–Crippen LogP) is 13.9. The van der Waals surface area contributed by atoms with Gasteiger partial charge in [0.2, 0.25) is 5.89 Å². The third-order valence-electron chi connectivity index (χ3n) is 9.92. The summed E-state index contributed by atoms with van der Waals surface area (Å²) in [6.07, 6.45) is 0. The highest BCUT2D eigenvalue weighted by Crippen LogP contribution is 2.42. The molecule has 0 radical (unpaired) electrons. The monoisotopic (exact) mass is 680 g/mol. The first-order valence-corrected chi connectivity index (χ1v) is 17.8. The quantitative estimate of drug-likeness (QED) is 0.168. The summed E-state index contributed by atoms with van der Waals surface area (Å²) in [6, 6.07) is 67.7. The van der Waals surface area contributed by atoms with Crippen LogP contribution in [0.25, 0.3) is 77.9 Å². The van der Waals surface area contributed by atoms with E-state index in [0.29, 0.717) is 5.89 Å². The van der Waals surface area contributed by atoms with Crippen molar-refractivity contribution < 1.29 is 8.83 Å². The Morgan fingerprint density at radius 1 is 0.340 bits per heavy atom. The molecule has 0 aliphatic heterocycles. The van der Waals surface area contributed by atoms with E-state index in [1.807, 2.05) is 48.5 Å². The van der Waals surface area contributed by atoms with E-state index < -0.39 is 0 Å². The van der Waals surface area contributed by atoms with Gasteiger partial charge in [0, 0.05) is 28.0 Å². The number of rotatable bonds is 7. The molecule has 0 spiro atoms. The molecule has 4 heteroatoms. The van der Waals surface area contributed by atoms with Crippen LogP contribution in [0.3, 0.4) is 0 Å². The van der Waals surface area contributed by atoms with Gasteiger partial charge < -0.3 is 13.7 Å². The highest BCUT2D eigenvalue weighted by molar-refractivity contribution is 6.17. The molecule has 0 amide bonds. The Bertz CT molecular complexity index is 2860. The molecule has 0 aliphatic carbocycles. The van der Waals surface area contributed by atoms with E-state index in [0.717, 1.165) is 66.8 Å². The fourth-order valence-corrected chi connectivity index (χ4v) is 7.28. The summed E-state index contributed by atoms with van der Waals surface area (Å²) in [5, 5.41) is 1.92. The van der Waals surface area contributed by atoms with Crippen molar-refractivity contribution in [2.45, 2.75) is 0 Å². The molecule has 53 heavy (non-hydrogen) atoms. The first-order chi connectivity index (χ1) is 26.2. The smallest absolute Gasteiger partial charge is 0.227 e. The van der Waals surface area contributed by atoms with Gasteiger partial charge in [0.05, 0.1) is 5.39 Å². The van der Waals surface area contributed by atoms with Gasteiger partial charge in [0.15, 0.2) is 5.58 Å². The van der Waals surface area contributed by atoms with Crippen LogP contribution in [-0.4, -0.2) is 4.98 Å². The number of oxazole rings is 1. The Labute approximate surface area is 306 Å². The van der Waals surface area contributed by atoms with Crippen molar-refractivity contribution in [3.8, 4) is 44.8 Å². The van der Waals surface area contributed by atoms with E-state index in [1.54, 1.807) is 0 Å². The van der Waals surface area contributed by atoms with Crippen LogP contribution in [0.1, 0.15) is 0 Å². The maximum Gasteiger partial charge on any atom is 0.227 e. The fraction of sp³-hybridized carbons (Fsp3) is 0. The summed E-state index contributed by atoms with van der Waals surface area (Å²) in [6.45, 7) is 0. The fourth-order valence-electron chi connectivity index (χ4n) is 7.28. The number of hydrogen-bond donors (Lipinski definition) is 0. The summed E-state index contributed by atoms with van der Waals surface area (Å²) >= 11 is 0. The molecule has 0 unspecified atom stereocenters. The van der Waals surface area contributed by atoms with Crippen molar-refractivity contribution in [3.05, 3.63) is 194 Å². The topological polar surface area (TPSA) is 42.4 Å². The maximum absolute atomic E-state index is 6.40. The van der Waals surface area contributed by atoms with Crippen LogP contribution in [0.2, 0.25) is 0 Å². The van der Waals surface area contributed by atoms with Gasteiger partial charge in [-0.05, 0) is 100 Å². The zero-order valence-corrected chi connectivity index (χ0v) is 28.7. The molecule has 0 fully saturated rings. The van der Waals surface area contributed by atoms with Crippen molar-refractivity contribution in [2.75, 3.05) is 4.90 Å². The third kappa shape index (κ3) is 5.63. The van der Waals surface area contributed by atoms with E-state index in [2.05, 4.69) is 150 Å². The molecule has 8 aromatic carbocycles. The van der Waals surface area contributed by atoms with Crippen molar-refractivity contribution in [2.24, 2.45) is 0 Å². The van der Waals surface area contributed by atoms with Crippen LogP contribution in [0.5, 0.6) is 0 Å². The highest BCUT2D eigenvalue weighted by Gasteiger charge is 2.20. The summed E-state index contributed by atoms with van der Waals surface area (Å²) in [5.74, 6) is 0.591. The first-order valence-electron chi connectivity index (χ1n) is 17.8. The average molecular weight is 681 g/mol. The van der Waals surface area contributed by atoms with Crippen molar-refractivity contribution >= 4 is 50.1 Å². The predicted molar refractivity (Wildman–Crippen MR) is 218 cm³/mol. The summed E-state index contributed by atoms with van der Waals surface area (Å²) in [4.78, 5) is 7.30. The van der Waals surface area contributed by atoms with Crippen LogP contribution in [0, 0.1) is 0 Å². The van der Waals surface area contributed by atoms with Gasteiger partial charge in [-0.25, -0.2) is 4.98 Å². The van der Waals surface area contributed by atoms with Crippen molar-refractivity contribution in [3.63, 3.8) is 0 Å². The number of aromatic nitrogens is 1. The van der Waals surface area contributed by atoms with Crippen LogP contribution >= 0.6 is 0 Å². The van der Waals surface area contributed by atoms with Crippen molar-refractivity contribution in [1.29, 1.82) is 0 Å². The lowest BCUT2D eigenvalue weighted by Gasteiger charge is -2.26. The SMILES string of the molecule is c1ccc(-c2ccc(-c3ccc(N(c4cccc(-c5ccccc5)c4)c4ccc5oc6ccc7oc(-c8ccccc8)nc7c6c5c4)cc3)cc2)cc1. The minimum Gasteiger partial charge on any atom is -0.456 e. The standard InChI is InChI=1S/C49H32N2O2/c1-4-11-33(12-5-1)35-19-21-36(22-20-35)37-23-25-40(26-24-37)51(41-18-10-17-39(31-41)34-13-6-2-7-14-34)42-27-28-44-43(32-42)47-45(52-44)29-30-46-48(47)50-49(53-46)38-15-8-3-9-16-38/h1-32H. The molecular formula is C49H32N2O2. The second kappa shape index (κ2) is 12.9. The van der Waals surface area contributed by atoms with Gasteiger partial charge in [0.1, 0.15) is 16.7 Å². The Balaban J connectivity index is 1.09. The third-order valence-corrected chi connectivity index (χ3v) is 9.92. The molecule has 4 nitrogen and oxygen atoms in total. The minimum atomic E-state index is 0.591. The molecule has 0 saturated carbocycles. The first kappa shape index (κ1) is 30.6. The number of hydrogen-bond acceptors (Lipinski definition) is 4. The van der Waals surface area contributed by atoms with Gasteiger partial charge in [-0.2, -0.15) is 0 Å². The molecule has 10 rings (SSSR count). The number of nitrogens with zero attached hydrogens (tertiary/aromatic N) is 2. The minimum absolute atomic E-state index is 0.591. The molecule has 0 N–H and O–H groups in total. The van der Waals surface area contributed by atoms with Gasteiger partial charge in [-0.1, -0.05) is 127 Å². The summed E-state index contributed by atoms with van der Waals surface area (Å²) in [5.41, 5.74) is 14.2. The second-order valence-electron chi connectivity index (χ2n) is 13.2. The van der Waals surface area contributed by atoms with Crippen molar-refractivity contribution in [1.82, 2.24) is 4.98 Å². The Morgan fingerprint density at radius 3 is 1.49 bits per heavy atom. The van der Waals surface area contributed by atoms with Gasteiger partial charge in [0.25, 0.3) is 0 Å². The Kier molecular flexibility index (Phi) is 7.43.